The molecule has 1 aromatic carbocycles. The van der Waals surface area contributed by atoms with Crippen LogP contribution in [0.2, 0.25) is 5.02 Å². The highest BCUT2D eigenvalue weighted by atomic mass is 35.5. The lowest BCUT2D eigenvalue weighted by Crippen LogP contribution is -2.42. The van der Waals surface area contributed by atoms with Gasteiger partial charge in [-0.15, -0.1) is 0 Å². The van der Waals surface area contributed by atoms with Crippen molar-refractivity contribution in [2.24, 2.45) is 0 Å². The van der Waals surface area contributed by atoms with Crippen LogP contribution in [0.4, 0.5) is 4.39 Å². The van der Waals surface area contributed by atoms with Crippen molar-refractivity contribution in [2.45, 2.75) is 25.3 Å². The Morgan fingerprint density at radius 2 is 2.04 bits per heavy atom. The van der Waals surface area contributed by atoms with Crippen LogP contribution >= 0.6 is 11.6 Å². The van der Waals surface area contributed by atoms with E-state index in [1.165, 1.54) is 18.2 Å². The molecule has 24 heavy (non-hydrogen) atoms. The second kappa shape index (κ2) is 7.49. The van der Waals surface area contributed by atoms with E-state index >= 15 is 0 Å². The molecule has 2 saturated heterocycles. The maximum atomic E-state index is 13.7. The zero-order valence-corrected chi connectivity index (χ0v) is 14.2. The van der Waals surface area contributed by atoms with Crippen molar-refractivity contribution in [3.05, 3.63) is 34.6 Å². The summed E-state index contributed by atoms with van der Waals surface area (Å²) in [6, 6.07) is 4.12. The van der Waals surface area contributed by atoms with Gasteiger partial charge in [-0.05, 0) is 44.5 Å². The Morgan fingerprint density at radius 1 is 1.29 bits per heavy atom. The zero-order valence-electron chi connectivity index (χ0n) is 13.4. The van der Waals surface area contributed by atoms with Crippen molar-refractivity contribution >= 4 is 23.4 Å². The third-order valence-electron chi connectivity index (χ3n) is 4.71. The first kappa shape index (κ1) is 17.2. The fraction of sp³-hybridized carbons (Fsp3) is 0.529. The molecule has 5 nitrogen and oxygen atoms in total. The summed E-state index contributed by atoms with van der Waals surface area (Å²) in [6.07, 6.45) is 3.15. The van der Waals surface area contributed by atoms with E-state index in [4.69, 9.17) is 11.6 Å². The highest BCUT2D eigenvalue weighted by Gasteiger charge is 2.36. The first-order valence-electron chi connectivity index (χ1n) is 8.33. The van der Waals surface area contributed by atoms with Crippen LogP contribution in [-0.4, -0.2) is 60.4 Å². The van der Waals surface area contributed by atoms with Gasteiger partial charge in [0.15, 0.2) is 0 Å². The monoisotopic (exact) mass is 353 g/mol. The number of carbonyl (C=O) groups excluding carboxylic acids is 2. The van der Waals surface area contributed by atoms with E-state index in [0.717, 1.165) is 32.4 Å². The number of nitrogens with one attached hydrogen (secondary N) is 1. The molecule has 7 heteroatoms. The lowest BCUT2D eigenvalue weighted by molar-refractivity contribution is -0.131. The van der Waals surface area contributed by atoms with Crippen molar-refractivity contribution in [3.8, 4) is 0 Å². The van der Waals surface area contributed by atoms with E-state index in [9.17, 15) is 14.0 Å². The molecule has 1 unspecified atom stereocenters. The summed E-state index contributed by atoms with van der Waals surface area (Å²) < 4.78 is 13.7. The Labute approximate surface area is 145 Å². The van der Waals surface area contributed by atoms with Gasteiger partial charge in [0.2, 0.25) is 5.91 Å². The van der Waals surface area contributed by atoms with E-state index < -0.39 is 11.7 Å². The van der Waals surface area contributed by atoms with Gasteiger partial charge in [0, 0.05) is 19.6 Å². The van der Waals surface area contributed by atoms with Gasteiger partial charge in [-0.2, -0.15) is 0 Å². The summed E-state index contributed by atoms with van der Waals surface area (Å²) in [6.45, 7) is 3.40. The average molecular weight is 354 g/mol. The summed E-state index contributed by atoms with van der Waals surface area (Å²) in [5.74, 6) is -1.07. The van der Waals surface area contributed by atoms with Crippen molar-refractivity contribution in [1.29, 1.82) is 0 Å². The molecule has 3 rings (SSSR count). The molecule has 0 saturated carbocycles. The second-order valence-corrected chi connectivity index (χ2v) is 6.63. The maximum absolute atomic E-state index is 13.7. The first-order valence-corrected chi connectivity index (χ1v) is 8.71. The highest BCUT2D eigenvalue weighted by molar-refractivity contribution is 6.33. The zero-order chi connectivity index (χ0) is 17.1. The van der Waals surface area contributed by atoms with Gasteiger partial charge in [-0.1, -0.05) is 17.7 Å². The van der Waals surface area contributed by atoms with Gasteiger partial charge in [0.25, 0.3) is 5.91 Å². The fourth-order valence-electron chi connectivity index (χ4n) is 3.44. The molecular weight excluding hydrogens is 333 g/mol. The molecule has 1 atom stereocenters. The molecule has 2 heterocycles. The van der Waals surface area contributed by atoms with Crippen molar-refractivity contribution in [2.75, 3.05) is 32.7 Å². The van der Waals surface area contributed by atoms with Crippen LogP contribution in [0, 0.1) is 5.82 Å². The molecule has 2 aliphatic rings. The molecule has 0 aliphatic carbocycles. The van der Waals surface area contributed by atoms with Gasteiger partial charge >= 0.3 is 0 Å². The third-order valence-corrected chi connectivity index (χ3v) is 5.02. The van der Waals surface area contributed by atoms with Gasteiger partial charge < -0.3 is 10.2 Å². The summed E-state index contributed by atoms with van der Waals surface area (Å²) >= 11 is 5.87. The minimum absolute atomic E-state index is 0.00999. The molecule has 2 amide bonds. The number of carbonyl (C=O) groups is 2. The van der Waals surface area contributed by atoms with Crippen molar-refractivity contribution in [1.82, 2.24) is 15.1 Å². The summed E-state index contributed by atoms with van der Waals surface area (Å²) in [4.78, 5) is 28.5. The second-order valence-electron chi connectivity index (χ2n) is 6.23. The lowest BCUT2D eigenvalue weighted by atomic mass is 10.2. The van der Waals surface area contributed by atoms with Crippen molar-refractivity contribution in [3.63, 3.8) is 0 Å². The minimum Gasteiger partial charge on any atom is -0.350 e. The predicted molar refractivity (Wildman–Crippen MR) is 89.5 cm³/mol. The Kier molecular flexibility index (Phi) is 5.36. The summed E-state index contributed by atoms with van der Waals surface area (Å²) in [7, 11) is 0. The van der Waals surface area contributed by atoms with Crippen molar-refractivity contribution < 1.29 is 14.0 Å². The third kappa shape index (κ3) is 3.54. The molecule has 0 aromatic heterocycles. The van der Waals surface area contributed by atoms with Crippen LogP contribution in [0.1, 0.15) is 29.6 Å². The van der Waals surface area contributed by atoms with E-state index in [1.807, 2.05) is 0 Å². The molecule has 0 bridgehead atoms. The van der Waals surface area contributed by atoms with Crippen LogP contribution in [0.5, 0.6) is 0 Å². The van der Waals surface area contributed by atoms with Gasteiger partial charge in [-0.3, -0.25) is 14.5 Å². The quantitative estimate of drug-likeness (QED) is 0.879. The fourth-order valence-corrected chi connectivity index (χ4v) is 3.69. The normalized spacial score (nSPS) is 21.5. The molecule has 2 fully saturated rings. The Hall–Kier alpha value is -1.66. The topological polar surface area (TPSA) is 52.7 Å². The SMILES string of the molecule is O=C(NCCN1CCC(N2CCCC2)C1=O)c1c(F)cccc1Cl. The number of likely N-dealkylation sites (tertiary alicyclic amines) is 2. The van der Waals surface area contributed by atoms with Crippen LogP contribution in [0.15, 0.2) is 18.2 Å². The van der Waals surface area contributed by atoms with E-state index in [0.29, 0.717) is 13.1 Å². The predicted octanol–water partition coefficient (Wildman–Crippen LogP) is 1.91. The summed E-state index contributed by atoms with van der Waals surface area (Å²) in [5.41, 5.74) is -0.151. The molecule has 0 spiro atoms. The molecule has 1 aromatic rings. The number of nitrogens with zero attached hydrogens (tertiary/aromatic N) is 2. The van der Waals surface area contributed by atoms with Gasteiger partial charge in [-0.25, -0.2) is 4.39 Å². The molecule has 2 aliphatic heterocycles. The van der Waals surface area contributed by atoms with Crippen LogP contribution < -0.4 is 5.32 Å². The van der Waals surface area contributed by atoms with E-state index in [1.54, 1.807) is 4.90 Å². The Bertz CT molecular complexity index is 614. The van der Waals surface area contributed by atoms with Gasteiger partial charge in [0.05, 0.1) is 16.6 Å². The Balaban J connectivity index is 1.50. The maximum Gasteiger partial charge on any atom is 0.255 e. The molecule has 1 N–H and O–H groups in total. The average Bonchev–Trinajstić information content (AvgIpc) is 3.17. The van der Waals surface area contributed by atoms with E-state index in [-0.39, 0.29) is 29.1 Å². The van der Waals surface area contributed by atoms with Gasteiger partial charge in [0.1, 0.15) is 5.82 Å². The highest BCUT2D eigenvalue weighted by Crippen LogP contribution is 2.21. The van der Waals surface area contributed by atoms with Crippen LogP contribution in [-0.2, 0) is 4.79 Å². The van der Waals surface area contributed by atoms with E-state index in [2.05, 4.69) is 10.2 Å². The number of benzene rings is 1. The standard InChI is InChI=1S/C17H21ClFN3O2/c18-12-4-3-5-13(19)15(12)16(23)20-7-11-22-10-6-14(17(22)24)21-8-1-2-9-21/h3-5,14H,1-2,6-11H2,(H,20,23). The van der Waals surface area contributed by atoms with Crippen LogP contribution in [0.25, 0.3) is 0 Å². The molecule has 0 radical (unpaired) electrons. The smallest absolute Gasteiger partial charge is 0.255 e. The minimum atomic E-state index is -0.647. The molecular formula is C17H21ClFN3O2. The Morgan fingerprint density at radius 3 is 2.75 bits per heavy atom. The number of hydrogen-bond donors (Lipinski definition) is 1. The summed E-state index contributed by atoms with van der Waals surface area (Å²) in [5, 5.41) is 2.72. The molecule has 130 valence electrons. The van der Waals surface area contributed by atoms with Crippen LogP contribution in [0.3, 0.4) is 0 Å². The number of halogens is 2. The number of rotatable bonds is 5. The number of amides is 2. The first-order chi connectivity index (χ1) is 11.6. The largest absolute Gasteiger partial charge is 0.350 e. The lowest BCUT2D eigenvalue weighted by Gasteiger charge is -2.22. The number of hydrogen-bond acceptors (Lipinski definition) is 3.